The molecule has 3 rings (SSSR count). The van der Waals surface area contributed by atoms with E-state index in [0.717, 1.165) is 36.1 Å². The molecule has 0 unspecified atom stereocenters. The minimum absolute atomic E-state index is 0.270. The second-order valence-electron chi connectivity index (χ2n) is 5.91. The summed E-state index contributed by atoms with van der Waals surface area (Å²) in [6, 6.07) is 0. The van der Waals surface area contributed by atoms with Crippen LogP contribution in [0.5, 0.6) is 0 Å². The number of fused-ring (bicyclic) bond motifs is 1. The highest BCUT2D eigenvalue weighted by Gasteiger charge is 2.28. The van der Waals surface area contributed by atoms with Crippen LogP contribution in [0.15, 0.2) is 12.3 Å². The summed E-state index contributed by atoms with van der Waals surface area (Å²) < 4.78 is 6.92. The number of aryl methyl sites for hydroxylation is 2. The Morgan fingerprint density at radius 1 is 1.44 bits per heavy atom. The molecule has 2 heterocycles. The van der Waals surface area contributed by atoms with E-state index in [2.05, 4.69) is 10.4 Å². The molecule has 6 nitrogen and oxygen atoms in total. The van der Waals surface area contributed by atoms with E-state index in [0.29, 0.717) is 17.2 Å². The van der Waals surface area contributed by atoms with Crippen LogP contribution in [0.25, 0.3) is 6.08 Å². The lowest BCUT2D eigenvalue weighted by Gasteiger charge is -2.06. The molecule has 0 aromatic carbocycles. The monoisotopic (exact) mass is 359 g/mol. The third-order valence-corrected chi connectivity index (χ3v) is 5.53. The van der Waals surface area contributed by atoms with Gasteiger partial charge in [-0.3, -0.25) is 9.48 Å². The highest BCUT2D eigenvalue weighted by Crippen LogP contribution is 2.39. The number of carbonyl (C=O) groups is 2. The van der Waals surface area contributed by atoms with E-state index in [1.54, 1.807) is 23.9 Å². The Labute approximate surface area is 150 Å². The topological polar surface area (TPSA) is 73.2 Å². The van der Waals surface area contributed by atoms with Gasteiger partial charge in [-0.15, -0.1) is 11.3 Å². The lowest BCUT2D eigenvalue weighted by Crippen LogP contribution is -2.13. The van der Waals surface area contributed by atoms with Gasteiger partial charge in [-0.1, -0.05) is 0 Å². The van der Waals surface area contributed by atoms with E-state index in [1.807, 2.05) is 14.0 Å². The first-order valence-corrected chi connectivity index (χ1v) is 9.12. The normalized spacial score (nSPS) is 13.2. The van der Waals surface area contributed by atoms with Crippen LogP contribution in [-0.2, 0) is 29.4 Å². The van der Waals surface area contributed by atoms with Gasteiger partial charge >= 0.3 is 5.97 Å². The van der Waals surface area contributed by atoms with Gasteiger partial charge < -0.3 is 10.1 Å². The quantitative estimate of drug-likeness (QED) is 0.658. The van der Waals surface area contributed by atoms with E-state index >= 15 is 0 Å². The number of hydrogen-bond donors (Lipinski definition) is 1. The maximum atomic E-state index is 12.3. The fourth-order valence-corrected chi connectivity index (χ4v) is 4.19. The average molecular weight is 359 g/mol. The van der Waals surface area contributed by atoms with Gasteiger partial charge in [0.1, 0.15) is 5.00 Å². The summed E-state index contributed by atoms with van der Waals surface area (Å²) in [5.74, 6) is -0.627. The van der Waals surface area contributed by atoms with Crippen molar-refractivity contribution in [3.8, 4) is 0 Å². The van der Waals surface area contributed by atoms with Crippen LogP contribution in [0.3, 0.4) is 0 Å². The summed E-state index contributed by atoms with van der Waals surface area (Å²) in [6.07, 6.45) is 7.76. The molecular formula is C18H21N3O3S. The Morgan fingerprint density at radius 3 is 2.92 bits per heavy atom. The molecule has 1 aliphatic rings. The Kier molecular flexibility index (Phi) is 5.03. The van der Waals surface area contributed by atoms with Gasteiger partial charge in [0.05, 0.1) is 18.4 Å². The molecule has 0 spiro atoms. The molecule has 1 amide bonds. The van der Waals surface area contributed by atoms with Crippen molar-refractivity contribution in [1.29, 1.82) is 0 Å². The van der Waals surface area contributed by atoms with E-state index in [4.69, 9.17) is 4.74 Å². The van der Waals surface area contributed by atoms with Crippen molar-refractivity contribution in [2.24, 2.45) is 7.05 Å². The summed E-state index contributed by atoms with van der Waals surface area (Å²) in [4.78, 5) is 25.8. The summed E-state index contributed by atoms with van der Waals surface area (Å²) in [7, 11) is 1.85. The maximum absolute atomic E-state index is 12.3. The number of hydrogen-bond acceptors (Lipinski definition) is 5. The Balaban J connectivity index is 1.79. The minimum atomic E-state index is -0.357. The molecule has 0 saturated heterocycles. The van der Waals surface area contributed by atoms with Crippen LogP contribution >= 0.6 is 11.3 Å². The number of anilines is 1. The molecule has 0 aliphatic heterocycles. The fourth-order valence-electron chi connectivity index (χ4n) is 2.91. The van der Waals surface area contributed by atoms with Gasteiger partial charge in [0.15, 0.2) is 0 Å². The Morgan fingerprint density at radius 2 is 2.24 bits per heavy atom. The molecule has 2 aromatic heterocycles. The first kappa shape index (κ1) is 17.4. The first-order chi connectivity index (χ1) is 12.0. The van der Waals surface area contributed by atoms with Gasteiger partial charge in [-0.2, -0.15) is 5.10 Å². The van der Waals surface area contributed by atoms with E-state index in [-0.39, 0.29) is 11.9 Å². The molecular weight excluding hydrogens is 338 g/mol. The number of esters is 1. The number of carbonyl (C=O) groups excluding carboxylic acids is 2. The zero-order chi connectivity index (χ0) is 18.0. The van der Waals surface area contributed by atoms with E-state index in [9.17, 15) is 9.59 Å². The Bertz CT molecular complexity index is 848. The predicted molar refractivity (Wildman–Crippen MR) is 97.9 cm³/mol. The third kappa shape index (κ3) is 3.51. The minimum Gasteiger partial charge on any atom is -0.462 e. The molecule has 132 valence electrons. The molecule has 7 heteroatoms. The second kappa shape index (κ2) is 7.23. The van der Waals surface area contributed by atoms with Gasteiger partial charge in [-0.05, 0) is 44.7 Å². The number of rotatable bonds is 5. The van der Waals surface area contributed by atoms with Crippen molar-refractivity contribution >= 4 is 34.3 Å². The summed E-state index contributed by atoms with van der Waals surface area (Å²) in [5, 5.41) is 7.57. The number of nitrogens with one attached hydrogen (secondary N) is 1. The highest BCUT2D eigenvalue weighted by molar-refractivity contribution is 7.17. The molecule has 0 radical (unpaired) electrons. The smallest absolute Gasteiger partial charge is 0.341 e. The maximum Gasteiger partial charge on any atom is 0.341 e. The molecule has 0 atom stereocenters. The van der Waals surface area contributed by atoms with E-state index < -0.39 is 0 Å². The van der Waals surface area contributed by atoms with Crippen LogP contribution in [0.1, 0.15) is 45.4 Å². The second-order valence-corrected chi connectivity index (χ2v) is 7.02. The molecule has 1 N–H and O–H groups in total. The van der Waals surface area contributed by atoms with E-state index in [1.165, 1.54) is 22.3 Å². The van der Waals surface area contributed by atoms with Crippen molar-refractivity contribution in [3.05, 3.63) is 39.5 Å². The number of ether oxygens (including phenoxy) is 1. The number of aromatic nitrogens is 2. The third-order valence-electron chi connectivity index (χ3n) is 4.33. The lowest BCUT2D eigenvalue weighted by atomic mass is 10.1. The van der Waals surface area contributed by atoms with Crippen LogP contribution in [0.2, 0.25) is 0 Å². The van der Waals surface area contributed by atoms with Crippen molar-refractivity contribution < 1.29 is 14.3 Å². The zero-order valence-corrected chi connectivity index (χ0v) is 15.4. The van der Waals surface area contributed by atoms with Crippen molar-refractivity contribution in [1.82, 2.24) is 9.78 Å². The van der Waals surface area contributed by atoms with Crippen molar-refractivity contribution in [3.63, 3.8) is 0 Å². The highest BCUT2D eigenvalue weighted by atomic mass is 32.1. The summed E-state index contributed by atoms with van der Waals surface area (Å²) in [6.45, 7) is 4.03. The van der Waals surface area contributed by atoms with Gasteiger partial charge in [0.25, 0.3) is 0 Å². The molecule has 0 fully saturated rings. The van der Waals surface area contributed by atoms with Crippen molar-refractivity contribution in [2.45, 2.75) is 33.1 Å². The molecule has 1 aliphatic carbocycles. The van der Waals surface area contributed by atoms with Crippen LogP contribution in [-0.4, -0.2) is 28.3 Å². The van der Waals surface area contributed by atoms with Crippen LogP contribution in [0.4, 0.5) is 5.00 Å². The zero-order valence-electron chi connectivity index (χ0n) is 14.6. The first-order valence-electron chi connectivity index (χ1n) is 8.30. The van der Waals surface area contributed by atoms with Crippen LogP contribution in [0, 0.1) is 6.92 Å². The summed E-state index contributed by atoms with van der Waals surface area (Å²) in [5.41, 5.74) is 3.42. The standard InChI is InChI=1S/C18H21N3O3S/c1-4-24-18(23)16-13-6-5-7-14(13)25-17(16)20-15(22)9-8-12-10-19-21(3)11(12)2/h8-10H,4-7H2,1-3H3,(H,20,22)/b9-8+. The fraction of sp³-hybridized carbons (Fsp3) is 0.389. The number of amides is 1. The Hall–Kier alpha value is -2.41. The average Bonchev–Trinajstić information content (AvgIpc) is 3.22. The summed E-state index contributed by atoms with van der Waals surface area (Å²) >= 11 is 1.48. The molecule has 0 bridgehead atoms. The largest absolute Gasteiger partial charge is 0.462 e. The molecule has 2 aromatic rings. The number of nitrogens with zero attached hydrogens (tertiary/aromatic N) is 2. The molecule has 25 heavy (non-hydrogen) atoms. The SMILES string of the molecule is CCOC(=O)c1c(NC(=O)/C=C/c2cnn(C)c2C)sc2c1CCC2. The van der Waals surface area contributed by atoms with Gasteiger partial charge in [0.2, 0.25) is 5.91 Å². The van der Waals surface area contributed by atoms with Crippen LogP contribution < -0.4 is 5.32 Å². The number of thiophene rings is 1. The van der Waals surface area contributed by atoms with Gasteiger partial charge in [0, 0.05) is 29.3 Å². The van der Waals surface area contributed by atoms with Gasteiger partial charge in [-0.25, -0.2) is 4.79 Å². The predicted octanol–water partition coefficient (Wildman–Crippen LogP) is 3.11. The van der Waals surface area contributed by atoms with Crippen molar-refractivity contribution in [2.75, 3.05) is 11.9 Å². The molecule has 0 saturated carbocycles. The lowest BCUT2D eigenvalue weighted by molar-refractivity contribution is -0.111.